The fourth-order valence-corrected chi connectivity index (χ4v) is 3.46. The molecule has 1 amide bonds. The molecular weight excluding hydrogens is 380 g/mol. The maximum atomic E-state index is 12.4. The Bertz CT molecular complexity index is 1240. The van der Waals surface area contributed by atoms with Crippen LogP contribution in [0.3, 0.4) is 0 Å². The summed E-state index contributed by atoms with van der Waals surface area (Å²) in [6.45, 7) is 0. The zero-order valence-electron chi connectivity index (χ0n) is 14.4. The Labute approximate surface area is 160 Å². The SMILES string of the molecule is O=C(Nc1ccc(S(=O)(=O)Nc2ncccn2)cc1)c1ccc2nccn2c1. The first-order valence-electron chi connectivity index (χ1n) is 8.15. The summed E-state index contributed by atoms with van der Waals surface area (Å²) in [5.74, 6) is -0.336. The molecule has 0 aliphatic heterocycles. The van der Waals surface area contributed by atoms with Gasteiger partial charge >= 0.3 is 0 Å². The molecule has 0 aliphatic rings. The standard InChI is InChI=1S/C18H14N6O3S/c25-17(13-2-7-16-19-10-11-24(16)12-13)22-14-3-5-15(6-4-14)28(26,27)23-18-20-8-1-9-21-18/h1-12H,(H,22,25)(H,20,21,23). The molecule has 0 fully saturated rings. The quantitative estimate of drug-likeness (QED) is 0.536. The Morgan fingerprint density at radius 1 is 0.929 bits per heavy atom. The predicted octanol–water partition coefficient (Wildman–Crippen LogP) is 2.18. The van der Waals surface area contributed by atoms with Crippen LogP contribution in [0.5, 0.6) is 0 Å². The van der Waals surface area contributed by atoms with Crippen LogP contribution in [-0.2, 0) is 10.0 Å². The highest BCUT2D eigenvalue weighted by Gasteiger charge is 2.16. The number of benzene rings is 1. The smallest absolute Gasteiger partial charge is 0.264 e. The van der Waals surface area contributed by atoms with E-state index in [1.807, 2.05) is 0 Å². The van der Waals surface area contributed by atoms with E-state index in [0.29, 0.717) is 11.3 Å². The van der Waals surface area contributed by atoms with Gasteiger partial charge in [-0.3, -0.25) is 4.79 Å². The molecule has 10 heteroatoms. The number of hydrogen-bond donors (Lipinski definition) is 2. The number of nitrogens with zero attached hydrogens (tertiary/aromatic N) is 4. The van der Waals surface area contributed by atoms with Crippen LogP contribution in [0.25, 0.3) is 5.65 Å². The van der Waals surface area contributed by atoms with Crippen molar-refractivity contribution < 1.29 is 13.2 Å². The molecule has 0 saturated carbocycles. The number of amides is 1. The van der Waals surface area contributed by atoms with E-state index in [-0.39, 0.29) is 16.8 Å². The molecule has 4 aromatic rings. The molecular formula is C18H14N6O3S. The number of fused-ring (bicyclic) bond motifs is 1. The third-order valence-corrected chi connectivity index (χ3v) is 5.21. The van der Waals surface area contributed by atoms with Gasteiger partial charge in [-0.25, -0.2) is 28.1 Å². The van der Waals surface area contributed by atoms with Gasteiger partial charge in [0.2, 0.25) is 5.95 Å². The lowest BCUT2D eigenvalue weighted by Crippen LogP contribution is -2.15. The Balaban J connectivity index is 1.49. The Kier molecular flexibility index (Phi) is 4.45. The van der Waals surface area contributed by atoms with Crippen molar-refractivity contribution in [3.8, 4) is 0 Å². The van der Waals surface area contributed by atoms with Crippen LogP contribution >= 0.6 is 0 Å². The number of carbonyl (C=O) groups is 1. The van der Waals surface area contributed by atoms with Crippen LogP contribution in [0.15, 0.2) is 78.3 Å². The maximum absolute atomic E-state index is 12.4. The highest BCUT2D eigenvalue weighted by atomic mass is 32.2. The summed E-state index contributed by atoms with van der Waals surface area (Å²) in [6.07, 6.45) is 7.93. The van der Waals surface area contributed by atoms with Gasteiger partial charge in [0.05, 0.1) is 10.5 Å². The molecule has 1 aromatic carbocycles. The molecule has 0 radical (unpaired) electrons. The number of hydrogen-bond acceptors (Lipinski definition) is 6. The first-order valence-corrected chi connectivity index (χ1v) is 9.64. The Morgan fingerprint density at radius 2 is 1.68 bits per heavy atom. The number of imidazole rings is 1. The van der Waals surface area contributed by atoms with Gasteiger partial charge in [0.1, 0.15) is 5.65 Å². The predicted molar refractivity (Wildman–Crippen MR) is 102 cm³/mol. The average molecular weight is 394 g/mol. The summed E-state index contributed by atoms with van der Waals surface area (Å²) in [6, 6.07) is 10.8. The van der Waals surface area contributed by atoms with Gasteiger partial charge in [-0.2, -0.15) is 0 Å². The molecule has 0 bridgehead atoms. The number of carbonyl (C=O) groups excluding carboxylic acids is 1. The first-order chi connectivity index (χ1) is 13.5. The van der Waals surface area contributed by atoms with E-state index in [4.69, 9.17) is 0 Å². The molecule has 0 aliphatic carbocycles. The third-order valence-electron chi connectivity index (χ3n) is 3.86. The lowest BCUT2D eigenvalue weighted by molar-refractivity contribution is 0.102. The number of sulfonamides is 1. The Morgan fingerprint density at radius 3 is 2.43 bits per heavy atom. The van der Waals surface area contributed by atoms with Crippen molar-refractivity contribution in [2.75, 3.05) is 10.0 Å². The molecule has 140 valence electrons. The fraction of sp³-hybridized carbons (Fsp3) is 0. The van der Waals surface area contributed by atoms with Crippen LogP contribution in [0.1, 0.15) is 10.4 Å². The van der Waals surface area contributed by atoms with E-state index < -0.39 is 10.0 Å². The van der Waals surface area contributed by atoms with Crippen molar-refractivity contribution in [2.24, 2.45) is 0 Å². The molecule has 0 unspecified atom stereocenters. The van der Waals surface area contributed by atoms with E-state index in [1.165, 1.54) is 36.7 Å². The molecule has 3 aromatic heterocycles. The fourth-order valence-electron chi connectivity index (χ4n) is 2.51. The van der Waals surface area contributed by atoms with Gasteiger partial charge in [-0.1, -0.05) is 0 Å². The highest BCUT2D eigenvalue weighted by Crippen LogP contribution is 2.17. The van der Waals surface area contributed by atoms with Gasteiger partial charge in [0.15, 0.2) is 0 Å². The van der Waals surface area contributed by atoms with Gasteiger partial charge in [-0.05, 0) is 42.5 Å². The van der Waals surface area contributed by atoms with Crippen LogP contribution in [0.2, 0.25) is 0 Å². The van der Waals surface area contributed by atoms with Crippen molar-refractivity contribution in [3.05, 3.63) is 79.0 Å². The largest absolute Gasteiger partial charge is 0.322 e. The van der Waals surface area contributed by atoms with Crippen molar-refractivity contribution in [1.29, 1.82) is 0 Å². The molecule has 9 nitrogen and oxygen atoms in total. The topological polar surface area (TPSA) is 118 Å². The lowest BCUT2D eigenvalue weighted by atomic mass is 10.2. The minimum atomic E-state index is -3.83. The molecule has 0 spiro atoms. The molecule has 4 rings (SSSR count). The third kappa shape index (κ3) is 3.67. The summed E-state index contributed by atoms with van der Waals surface area (Å²) >= 11 is 0. The average Bonchev–Trinajstić information content (AvgIpc) is 3.16. The molecule has 0 atom stereocenters. The molecule has 3 heterocycles. The number of pyridine rings is 1. The van der Waals surface area contributed by atoms with Crippen molar-refractivity contribution >= 4 is 33.2 Å². The number of rotatable bonds is 5. The van der Waals surface area contributed by atoms with Crippen molar-refractivity contribution in [3.63, 3.8) is 0 Å². The van der Waals surface area contributed by atoms with E-state index >= 15 is 0 Å². The highest BCUT2D eigenvalue weighted by molar-refractivity contribution is 7.92. The van der Waals surface area contributed by atoms with Crippen LogP contribution in [-0.4, -0.2) is 33.7 Å². The van der Waals surface area contributed by atoms with E-state index in [0.717, 1.165) is 5.65 Å². The van der Waals surface area contributed by atoms with Crippen molar-refractivity contribution in [1.82, 2.24) is 19.4 Å². The van der Waals surface area contributed by atoms with Crippen LogP contribution < -0.4 is 10.0 Å². The van der Waals surface area contributed by atoms with Crippen LogP contribution in [0.4, 0.5) is 11.6 Å². The first kappa shape index (κ1) is 17.6. The minimum absolute atomic E-state index is 0.0187. The lowest BCUT2D eigenvalue weighted by Gasteiger charge is -2.08. The number of aromatic nitrogens is 4. The number of nitrogens with one attached hydrogen (secondary N) is 2. The molecule has 28 heavy (non-hydrogen) atoms. The monoisotopic (exact) mass is 394 g/mol. The minimum Gasteiger partial charge on any atom is -0.322 e. The second-order valence-corrected chi connectivity index (χ2v) is 7.45. The van der Waals surface area contributed by atoms with Gasteiger partial charge in [0.25, 0.3) is 15.9 Å². The molecule has 0 saturated heterocycles. The molecule has 2 N–H and O–H groups in total. The summed E-state index contributed by atoms with van der Waals surface area (Å²) < 4.78 is 28.8. The van der Waals surface area contributed by atoms with Crippen LogP contribution in [0, 0.1) is 0 Å². The Hall–Kier alpha value is -3.79. The van der Waals surface area contributed by atoms with Gasteiger partial charge < -0.3 is 9.72 Å². The summed E-state index contributed by atoms with van der Waals surface area (Å²) in [5.41, 5.74) is 1.65. The normalized spacial score (nSPS) is 11.3. The maximum Gasteiger partial charge on any atom is 0.264 e. The summed E-state index contributed by atoms with van der Waals surface area (Å²) in [7, 11) is -3.83. The number of anilines is 2. The zero-order chi connectivity index (χ0) is 19.6. The van der Waals surface area contributed by atoms with E-state index in [1.54, 1.807) is 41.2 Å². The van der Waals surface area contributed by atoms with Gasteiger partial charge in [-0.15, -0.1) is 0 Å². The van der Waals surface area contributed by atoms with E-state index in [2.05, 4.69) is 25.0 Å². The second-order valence-electron chi connectivity index (χ2n) is 5.77. The van der Waals surface area contributed by atoms with Crippen molar-refractivity contribution in [2.45, 2.75) is 4.90 Å². The second kappa shape index (κ2) is 7.08. The van der Waals surface area contributed by atoms with Gasteiger partial charge in [0, 0.05) is 36.7 Å². The zero-order valence-corrected chi connectivity index (χ0v) is 15.2. The van der Waals surface area contributed by atoms with E-state index in [9.17, 15) is 13.2 Å². The summed E-state index contributed by atoms with van der Waals surface area (Å²) in [4.78, 5) is 24.2. The summed E-state index contributed by atoms with van der Waals surface area (Å²) in [5, 5.41) is 2.73.